The van der Waals surface area contributed by atoms with Gasteiger partial charge in [0.2, 0.25) is 0 Å². The van der Waals surface area contributed by atoms with Crippen molar-refractivity contribution in [2.75, 3.05) is 31.9 Å². The highest BCUT2D eigenvalue weighted by molar-refractivity contribution is 7.95. The molecule has 8 rings (SSSR count). The molecule has 0 saturated heterocycles. The molecule has 8 aromatic rings. The van der Waals surface area contributed by atoms with E-state index in [4.69, 9.17) is 10.5 Å². The molecule has 0 unspecified atom stereocenters. The van der Waals surface area contributed by atoms with Crippen LogP contribution in [0.3, 0.4) is 0 Å². The van der Waals surface area contributed by atoms with E-state index in [-0.39, 0.29) is 27.9 Å². The third-order valence-electron chi connectivity index (χ3n) is 11.5. The van der Waals surface area contributed by atoms with Gasteiger partial charge in [-0.3, -0.25) is 32.8 Å². The molecule has 24 nitrogen and oxygen atoms in total. The number of nitrogens with one attached hydrogen (secondary N) is 6. The lowest BCUT2D eigenvalue weighted by atomic mass is 10.0. The number of anilines is 6. The van der Waals surface area contributed by atoms with Crippen molar-refractivity contribution in [1.82, 2.24) is 0 Å². The lowest BCUT2D eigenvalue weighted by Crippen LogP contribution is -2.20. The summed E-state index contributed by atoms with van der Waals surface area (Å²) in [5.74, 6) is -2.43. The summed E-state index contributed by atoms with van der Waals surface area (Å²) in [5, 5.41) is 33.7. The van der Waals surface area contributed by atoms with E-state index in [0.29, 0.717) is 67.5 Å². The first-order chi connectivity index (χ1) is 37.4. The number of hydrogen-bond acceptors (Lipinski definition) is 17. The van der Waals surface area contributed by atoms with E-state index in [1.54, 1.807) is 43.3 Å². The minimum atomic E-state index is -5.37. The topological polar surface area (TPSA) is 380 Å². The van der Waals surface area contributed by atoms with Crippen molar-refractivity contribution < 1.29 is 82.1 Å². The van der Waals surface area contributed by atoms with Crippen LogP contribution in [-0.4, -0.2) is 79.1 Å². The fourth-order valence-corrected chi connectivity index (χ4v) is 10.9. The second-order valence-electron chi connectivity index (χ2n) is 16.7. The van der Waals surface area contributed by atoms with Gasteiger partial charge in [-0.15, -0.1) is 0 Å². The van der Waals surface area contributed by atoms with Gasteiger partial charge in [-0.25, -0.2) is 15.3 Å². The Kier molecular flexibility index (Phi) is 16.8. The highest BCUT2D eigenvalue weighted by Gasteiger charge is 2.28. The molecule has 11 N–H and O–H groups in total. The second kappa shape index (κ2) is 23.3. The van der Waals surface area contributed by atoms with Gasteiger partial charge in [0.1, 0.15) is 9.79 Å². The van der Waals surface area contributed by atoms with Crippen molar-refractivity contribution in [3.05, 3.63) is 173 Å². The monoisotopic (exact) mass is 1170 g/mol. The standard InChI is InChI=1S/C50H38N6O18S5/c1-26-22-35(75-73-62)23-37-41(76-74-63)20-18-39(44(26)37)55-48(59)29-2-10-31(11-3-29)51-46(57)27-6-14-33(15-7-27)53-50(61)54-34-16-8-28(9-17-34)47(58)52-32-12-4-30(5-13-32)49(60)56-40-19-21-42(78(67,68)69)38-24-36(77(64,65)66)25-43(45(38)40)79(70,71)72/h2-25,62-63H,1H3,(H,51,57)(H,52,58)(H,55,59)(H,56,60)(H2,53,54,61)(H,64,65,66)(H,67,68,69)(H,70,71,72). The van der Waals surface area contributed by atoms with Crippen molar-refractivity contribution in [3.8, 4) is 0 Å². The zero-order valence-electron chi connectivity index (χ0n) is 39.9. The maximum atomic E-state index is 13.3. The lowest BCUT2D eigenvalue weighted by Gasteiger charge is -2.15. The Morgan fingerprint density at radius 3 is 1.24 bits per heavy atom. The SMILES string of the molecule is Cc1cc(SOO)cc2c(SOO)ccc(NC(=O)c3ccc(NC(=O)c4ccc(NC(=O)Nc5ccc(C(=O)Nc6ccc(C(=O)Nc7ccc(S(=O)(=O)O)c8cc(S(=O)(=O)O)cc(S(=O)(=O)O)c78)cc6)cc5)cc4)cc3)c12. The van der Waals surface area contributed by atoms with Crippen LogP contribution in [-0.2, 0) is 39.0 Å². The average Bonchev–Trinajstić information content (AvgIpc) is 3.58. The summed E-state index contributed by atoms with van der Waals surface area (Å²) in [4.78, 5) is 63.4. The maximum Gasteiger partial charge on any atom is 0.323 e. The minimum Gasteiger partial charge on any atom is -0.322 e. The van der Waals surface area contributed by atoms with Crippen LogP contribution < -0.4 is 31.9 Å². The molecule has 0 radical (unpaired) electrons. The van der Waals surface area contributed by atoms with Crippen LogP contribution in [0.1, 0.15) is 47.0 Å². The Balaban J connectivity index is 0.830. The van der Waals surface area contributed by atoms with E-state index in [9.17, 15) is 62.9 Å². The van der Waals surface area contributed by atoms with E-state index >= 15 is 0 Å². The Hall–Kier alpha value is -8.30. The quantitative estimate of drug-likeness (QED) is 0.0175. The lowest BCUT2D eigenvalue weighted by molar-refractivity contribution is -0.116. The summed E-state index contributed by atoms with van der Waals surface area (Å²) in [6, 6.07) is 31.7. The normalized spacial score (nSPS) is 11.7. The van der Waals surface area contributed by atoms with Crippen LogP contribution in [0.4, 0.5) is 38.9 Å². The molecule has 6 amide bonds. The van der Waals surface area contributed by atoms with Gasteiger partial charge in [-0.2, -0.15) is 33.9 Å². The van der Waals surface area contributed by atoms with Crippen molar-refractivity contribution in [2.24, 2.45) is 0 Å². The van der Waals surface area contributed by atoms with E-state index in [2.05, 4.69) is 40.6 Å². The van der Waals surface area contributed by atoms with E-state index in [1.165, 1.54) is 84.9 Å². The minimum absolute atomic E-state index is 0.0827. The van der Waals surface area contributed by atoms with Gasteiger partial charge in [0.25, 0.3) is 54.0 Å². The molecule has 0 fully saturated rings. The van der Waals surface area contributed by atoms with Crippen LogP contribution in [0, 0.1) is 6.92 Å². The number of carbonyl (C=O) groups excluding carboxylic acids is 5. The molecule has 0 aliphatic heterocycles. The molecule has 8 aromatic carbocycles. The van der Waals surface area contributed by atoms with Crippen LogP contribution in [0.25, 0.3) is 21.5 Å². The molecule has 29 heteroatoms. The van der Waals surface area contributed by atoms with Crippen LogP contribution in [0.5, 0.6) is 0 Å². The molecule has 0 saturated carbocycles. The Bertz CT molecular complexity index is 4120. The predicted octanol–water partition coefficient (Wildman–Crippen LogP) is 9.69. The van der Waals surface area contributed by atoms with Crippen LogP contribution in [0.15, 0.2) is 170 Å². The molecule has 79 heavy (non-hydrogen) atoms. The summed E-state index contributed by atoms with van der Waals surface area (Å²) in [6.07, 6.45) is 0. The second-order valence-corrected chi connectivity index (χ2v) is 22.4. The number of carbonyl (C=O) groups is 5. The van der Waals surface area contributed by atoms with Gasteiger partial charge in [0.05, 0.1) is 34.7 Å². The van der Waals surface area contributed by atoms with Crippen molar-refractivity contribution in [2.45, 2.75) is 31.4 Å². The first-order valence-corrected chi connectivity index (χ1v) is 28.0. The number of rotatable bonds is 17. The first-order valence-electron chi connectivity index (χ1n) is 22.2. The summed E-state index contributed by atoms with van der Waals surface area (Å²) >= 11 is 1.43. The number of benzene rings is 8. The molecule has 0 aromatic heterocycles. The summed E-state index contributed by atoms with van der Waals surface area (Å²) in [7, 11) is -15.7. The molecule has 0 aliphatic rings. The predicted molar refractivity (Wildman–Crippen MR) is 291 cm³/mol. The smallest absolute Gasteiger partial charge is 0.322 e. The average molecular weight is 1170 g/mol. The largest absolute Gasteiger partial charge is 0.323 e. The Labute approximate surface area is 456 Å². The van der Waals surface area contributed by atoms with Gasteiger partial charge in [0.15, 0.2) is 0 Å². The third kappa shape index (κ3) is 13.5. The van der Waals surface area contributed by atoms with E-state index in [1.807, 2.05) is 0 Å². The zero-order valence-corrected chi connectivity index (χ0v) is 44.0. The van der Waals surface area contributed by atoms with E-state index < -0.39 is 91.2 Å². The molecule has 0 atom stereocenters. The van der Waals surface area contributed by atoms with Gasteiger partial charge in [-0.1, -0.05) is 0 Å². The van der Waals surface area contributed by atoms with E-state index in [0.717, 1.165) is 29.7 Å². The zero-order chi connectivity index (χ0) is 57.0. The van der Waals surface area contributed by atoms with Crippen molar-refractivity contribution in [3.63, 3.8) is 0 Å². The maximum absolute atomic E-state index is 13.3. The third-order valence-corrected chi connectivity index (χ3v) is 15.2. The highest BCUT2D eigenvalue weighted by atomic mass is 32.2. The van der Waals surface area contributed by atoms with Crippen molar-refractivity contribution >= 4 is 140 Å². The first kappa shape index (κ1) is 56.9. The van der Waals surface area contributed by atoms with Gasteiger partial charge in [-0.05, 0) is 158 Å². The molecule has 406 valence electrons. The Morgan fingerprint density at radius 2 is 0.823 bits per heavy atom. The molecule has 0 aliphatic carbocycles. The Morgan fingerprint density at radius 1 is 0.418 bits per heavy atom. The van der Waals surface area contributed by atoms with Gasteiger partial charge >= 0.3 is 6.03 Å². The van der Waals surface area contributed by atoms with Crippen molar-refractivity contribution in [1.29, 1.82) is 0 Å². The summed E-state index contributed by atoms with van der Waals surface area (Å²) in [6.45, 7) is 1.81. The number of fused-ring (bicyclic) bond motifs is 2. The highest BCUT2D eigenvalue weighted by Crippen LogP contribution is 2.39. The van der Waals surface area contributed by atoms with Crippen LogP contribution >= 0.6 is 24.1 Å². The number of hydrogen-bond donors (Lipinski definition) is 11. The molecule has 0 bridgehead atoms. The molecule has 0 spiro atoms. The van der Waals surface area contributed by atoms with Gasteiger partial charge < -0.3 is 31.9 Å². The number of urea groups is 1. The molecule has 0 heterocycles. The fourth-order valence-electron chi connectivity index (χ4n) is 7.93. The number of amides is 6. The van der Waals surface area contributed by atoms with Crippen LogP contribution in [0.2, 0.25) is 0 Å². The fraction of sp³-hybridized carbons (Fsp3) is 0.0200. The summed E-state index contributed by atoms with van der Waals surface area (Å²) < 4.78 is 111. The molecular formula is C50H38N6O18S5. The van der Waals surface area contributed by atoms with Gasteiger partial charge in [0, 0.05) is 82.0 Å². The molecular weight excluding hydrogens is 1130 g/mol. The number of aryl methyl sites for hydroxylation is 1. The summed E-state index contributed by atoms with van der Waals surface area (Å²) in [5.41, 5.74) is 2.64.